The summed E-state index contributed by atoms with van der Waals surface area (Å²) in [6, 6.07) is 7.76. The van der Waals surface area contributed by atoms with Crippen LogP contribution in [0.15, 0.2) is 24.3 Å². The highest BCUT2D eigenvalue weighted by atomic mass is 32.2. The molecule has 0 spiro atoms. The maximum absolute atomic E-state index is 11.2. The van der Waals surface area contributed by atoms with E-state index in [1.807, 2.05) is 38.1 Å². The van der Waals surface area contributed by atoms with Gasteiger partial charge in [0, 0.05) is 5.75 Å². The van der Waals surface area contributed by atoms with Crippen LogP contribution in [0.5, 0.6) is 0 Å². The third kappa shape index (κ3) is 2.96. The van der Waals surface area contributed by atoms with Gasteiger partial charge in [0.1, 0.15) is 0 Å². The van der Waals surface area contributed by atoms with Crippen molar-refractivity contribution in [2.75, 3.05) is 5.75 Å². The van der Waals surface area contributed by atoms with Crippen LogP contribution >= 0.6 is 11.8 Å². The van der Waals surface area contributed by atoms with Gasteiger partial charge in [0.05, 0.1) is 11.4 Å². The van der Waals surface area contributed by atoms with E-state index in [4.69, 9.17) is 5.11 Å². The van der Waals surface area contributed by atoms with E-state index in [0.29, 0.717) is 11.4 Å². The van der Waals surface area contributed by atoms with Gasteiger partial charge in [-0.1, -0.05) is 29.8 Å². The third-order valence-corrected chi connectivity index (χ3v) is 3.57. The Labute approximate surface area is 115 Å². The van der Waals surface area contributed by atoms with E-state index >= 15 is 0 Å². The molecule has 6 heteroatoms. The number of aryl methyl sites for hydroxylation is 1. The van der Waals surface area contributed by atoms with Gasteiger partial charge in [0.15, 0.2) is 5.69 Å². The van der Waals surface area contributed by atoms with Gasteiger partial charge in [-0.05, 0) is 24.8 Å². The number of carboxylic acids is 1. The van der Waals surface area contributed by atoms with Gasteiger partial charge >= 0.3 is 5.97 Å². The summed E-state index contributed by atoms with van der Waals surface area (Å²) in [6.07, 6.45) is 0. The molecule has 2 aromatic rings. The molecule has 19 heavy (non-hydrogen) atoms. The van der Waals surface area contributed by atoms with Crippen LogP contribution in [0.3, 0.4) is 0 Å². The fourth-order valence-electron chi connectivity index (χ4n) is 1.69. The van der Waals surface area contributed by atoms with Gasteiger partial charge in [0.2, 0.25) is 0 Å². The molecule has 1 aromatic carbocycles. The summed E-state index contributed by atoms with van der Waals surface area (Å²) in [5.41, 5.74) is 2.63. The minimum Gasteiger partial charge on any atom is -0.476 e. The number of hydrogen-bond acceptors (Lipinski definition) is 4. The molecule has 0 bridgehead atoms. The van der Waals surface area contributed by atoms with Gasteiger partial charge in [-0.2, -0.15) is 11.8 Å². The molecule has 1 heterocycles. The second-order valence-corrected chi connectivity index (χ2v) is 5.35. The highest BCUT2D eigenvalue weighted by Gasteiger charge is 2.19. The van der Waals surface area contributed by atoms with Crippen molar-refractivity contribution in [3.8, 4) is 5.69 Å². The molecule has 1 N–H and O–H groups in total. The number of rotatable bonds is 5. The second-order valence-electron chi connectivity index (χ2n) is 4.07. The van der Waals surface area contributed by atoms with Gasteiger partial charge in [-0.3, -0.25) is 0 Å². The van der Waals surface area contributed by atoms with Crippen LogP contribution in [0.1, 0.15) is 28.7 Å². The first-order chi connectivity index (χ1) is 9.13. The summed E-state index contributed by atoms with van der Waals surface area (Å²) in [5.74, 6) is 0.460. The van der Waals surface area contributed by atoms with Gasteiger partial charge in [0.25, 0.3) is 0 Å². The molecule has 0 amide bonds. The Hall–Kier alpha value is -1.82. The van der Waals surface area contributed by atoms with E-state index in [1.165, 1.54) is 0 Å². The lowest BCUT2D eigenvalue weighted by Crippen LogP contribution is -2.06. The monoisotopic (exact) mass is 277 g/mol. The van der Waals surface area contributed by atoms with Crippen LogP contribution in [0.25, 0.3) is 5.69 Å². The van der Waals surface area contributed by atoms with Crippen LogP contribution in [0.2, 0.25) is 0 Å². The number of carboxylic acid groups (broad SMARTS) is 1. The predicted octanol–water partition coefficient (Wildman–Crippen LogP) is 2.53. The third-order valence-electron chi connectivity index (χ3n) is 2.69. The number of aromatic carboxylic acids is 1. The first kappa shape index (κ1) is 13.6. The topological polar surface area (TPSA) is 68.0 Å². The normalized spacial score (nSPS) is 10.6. The van der Waals surface area contributed by atoms with E-state index in [0.717, 1.165) is 17.0 Å². The largest absolute Gasteiger partial charge is 0.476 e. The first-order valence-electron chi connectivity index (χ1n) is 5.96. The Morgan fingerprint density at radius 3 is 2.63 bits per heavy atom. The van der Waals surface area contributed by atoms with E-state index in [1.54, 1.807) is 16.4 Å². The maximum atomic E-state index is 11.2. The number of carbonyl (C=O) groups is 1. The lowest BCUT2D eigenvalue weighted by atomic mass is 10.2. The van der Waals surface area contributed by atoms with Crippen molar-refractivity contribution in [3.63, 3.8) is 0 Å². The van der Waals surface area contributed by atoms with Crippen molar-refractivity contribution in [2.45, 2.75) is 19.6 Å². The number of thioether (sulfide) groups is 1. The minimum absolute atomic E-state index is 0.0292. The van der Waals surface area contributed by atoms with Crippen molar-refractivity contribution in [2.24, 2.45) is 0 Å². The zero-order valence-corrected chi connectivity index (χ0v) is 11.6. The molecule has 0 atom stereocenters. The van der Waals surface area contributed by atoms with Crippen LogP contribution < -0.4 is 0 Å². The molecule has 0 aliphatic heterocycles. The molecule has 2 rings (SSSR count). The Morgan fingerprint density at radius 1 is 1.37 bits per heavy atom. The van der Waals surface area contributed by atoms with Crippen LogP contribution in [0, 0.1) is 6.92 Å². The van der Waals surface area contributed by atoms with E-state index in [2.05, 4.69) is 10.3 Å². The maximum Gasteiger partial charge on any atom is 0.358 e. The zero-order chi connectivity index (χ0) is 13.8. The fourth-order valence-corrected chi connectivity index (χ4v) is 2.35. The molecule has 0 aliphatic rings. The van der Waals surface area contributed by atoms with Crippen molar-refractivity contribution >= 4 is 17.7 Å². The fraction of sp³-hybridized carbons (Fsp3) is 0.308. The average molecular weight is 277 g/mol. The van der Waals surface area contributed by atoms with Crippen molar-refractivity contribution in [1.29, 1.82) is 0 Å². The molecule has 0 saturated heterocycles. The Morgan fingerprint density at radius 2 is 2.05 bits per heavy atom. The van der Waals surface area contributed by atoms with E-state index in [9.17, 15) is 4.79 Å². The molecular formula is C13H15N3O2S. The van der Waals surface area contributed by atoms with Crippen molar-refractivity contribution in [1.82, 2.24) is 15.0 Å². The predicted molar refractivity (Wildman–Crippen MR) is 74.9 cm³/mol. The quantitative estimate of drug-likeness (QED) is 0.909. The number of hydrogen-bond donors (Lipinski definition) is 1. The van der Waals surface area contributed by atoms with Crippen molar-refractivity contribution in [3.05, 3.63) is 41.2 Å². The SMILES string of the molecule is CCSCc1c(C(=O)O)nnn1-c1ccc(C)cc1. The molecule has 5 nitrogen and oxygen atoms in total. The molecule has 100 valence electrons. The molecule has 1 aromatic heterocycles. The second kappa shape index (κ2) is 5.88. The number of aromatic nitrogens is 3. The summed E-state index contributed by atoms with van der Waals surface area (Å²) in [6.45, 7) is 4.03. The minimum atomic E-state index is -1.04. The average Bonchev–Trinajstić information content (AvgIpc) is 2.81. The molecule has 0 saturated carbocycles. The molecule has 0 aliphatic carbocycles. The number of benzene rings is 1. The Balaban J connectivity index is 2.44. The summed E-state index contributed by atoms with van der Waals surface area (Å²) < 4.78 is 1.60. The lowest BCUT2D eigenvalue weighted by Gasteiger charge is -2.06. The van der Waals surface area contributed by atoms with E-state index in [-0.39, 0.29) is 5.69 Å². The molecule has 0 unspecified atom stereocenters. The summed E-state index contributed by atoms with van der Waals surface area (Å²) >= 11 is 1.65. The van der Waals surface area contributed by atoms with E-state index < -0.39 is 5.97 Å². The summed E-state index contributed by atoms with van der Waals surface area (Å²) in [5, 5.41) is 16.9. The first-order valence-corrected chi connectivity index (χ1v) is 7.11. The summed E-state index contributed by atoms with van der Waals surface area (Å²) in [4.78, 5) is 11.2. The Bertz CT molecular complexity index is 578. The van der Waals surface area contributed by atoms with Gasteiger partial charge < -0.3 is 5.11 Å². The summed E-state index contributed by atoms with van der Waals surface area (Å²) in [7, 11) is 0. The lowest BCUT2D eigenvalue weighted by molar-refractivity contribution is 0.0689. The standard InChI is InChI=1S/C13H15N3O2S/c1-3-19-8-11-12(13(17)18)14-15-16(11)10-6-4-9(2)5-7-10/h4-7H,3,8H2,1-2H3,(H,17,18). The molecular weight excluding hydrogens is 262 g/mol. The van der Waals surface area contributed by atoms with Gasteiger partial charge in [-0.15, -0.1) is 5.10 Å². The van der Waals surface area contributed by atoms with Crippen LogP contribution in [-0.4, -0.2) is 31.8 Å². The Kier molecular flexibility index (Phi) is 4.21. The smallest absolute Gasteiger partial charge is 0.358 e. The number of nitrogens with zero attached hydrogens (tertiary/aromatic N) is 3. The molecule has 0 fully saturated rings. The highest BCUT2D eigenvalue weighted by Crippen LogP contribution is 2.19. The van der Waals surface area contributed by atoms with Crippen LogP contribution in [-0.2, 0) is 5.75 Å². The van der Waals surface area contributed by atoms with Crippen molar-refractivity contribution < 1.29 is 9.90 Å². The molecule has 0 radical (unpaired) electrons. The zero-order valence-electron chi connectivity index (χ0n) is 10.8. The van der Waals surface area contributed by atoms with Crippen LogP contribution in [0.4, 0.5) is 0 Å². The van der Waals surface area contributed by atoms with Gasteiger partial charge in [-0.25, -0.2) is 9.48 Å². The highest BCUT2D eigenvalue weighted by molar-refractivity contribution is 7.98.